The Morgan fingerprint density at radius 1 is 1.04 bits per heavy atom. The summed E-state index contributed by atoms with van der Waals surface area (Å²) in [5, 5.41) is 12.0. The highest BCUT2D eigenvalue weighted by Crippen LogP contribution is 2.68. The summed E-state index contributed by atoms with van der Waals surface area (Å²) in [7, 11) is 0. The van der Waals surface area contributed by atoms with Gasteiger partial charge in [-0.25, -0.2) is 0 Å². The first kappa shape index (κ1) is 38.5. The summed E-state index contributed by atoms with van der Waals surface area (Å²) in [6.45, 7) is 18.7. The summed E-state index contributed by atoms with van der Waals surface area (Å²) in [6.07, 6.45) is 17.4. The Morgan fingerprint density at radius 2 is 1.78 bits per heavy atom. The molecule has 1 aromatic carbocycles. The Labute approximate surface area is 324 Å². The molecule has 1 amide bonds. The van der Waals surface area contributed by atoms with E-state index in [-0.39, 0.29) is 46.9 Å². The third kappa shape index (κ3) is 6.10. The van der Waals surface area contributed by atoms with Gasteiger partial charge in [0.2, 0.25) is 5.91 Å². The molecule has 2 fully saturated rings. The first-order valence-corrected chi connectivity index (χ1v) is 19.6. The van der Waals surface area contributed by atoms with Gasteiger partial charge in [0.1, 0.15) is 28.4 Å². The Bertz CT molecular complexity index is 2120. The number of aromatic nitrogens is 1. The van der Waals surface area contributed by atoms with E-state index in [0.717, 1.165) is 17.6 Å². The van der Waals surface area contributed by atoms with Crippen LogP contribution in [0.15, 0.2) is 77.2 Å². The van der Waals surface area contributed by atoms with Gasteiger partial charge in [-0.1, -0.05) is 41.5 Å². The minimum atomic E-state index is -1.59. The number of carbonyl (C=O) groups excluding carboxylic acids is 3. The molecule has 6 aliphatic rings. The molecule has 0 radical (unpaired) electrons. The van der Waals surface area contributed by atoms with Crippen molar-refractivity contribution in [2.24, 2.45) is 11.8 Å². The van der Waals surface area contributed by atoms with Crippen LogP contribution in [0.4, 0.5) is 0 Å². The number of Topliss-reactive ketones (excluding diaryl/α,β-unsaturated/α-hetero) is 2. The molecule has 1 N–H and O–H groups in total. The molecule has 5 unspecified atom stereocenters. The highest BCUT2D eigenvalue weighted by atomic mass is 16.6. The number of amides is 1. The van der Waals surface area contributed by atoms with E-state index in [1.165, 1.54) is 5.57 Å². The van der Waals surface area contributed by atoms with E-state index in [9.17, 15) is 14.7 Å². The second-order valence-electron chi connectivity index (χ2n) is 17.1. The van der Waals surface area contributed by atoms with Crippen LogP contribution in [0, 0.1) is 11.8 Å². The first-order chi connectivity index (χ1) is 26.0. The molecule has 9 heteroatoms. The summed E-state index contributed by atoms with van der Waals surface area (Å²) >= 11 is 0. The van der Waals surface area contributed by atoms with Crippen LogP contribution in [0.5, 0.6) is 17.2 Å². The molecule has 1 saturated heterocycles. The van der Waals surface area contributed by atoms with Crippen LogP contribution in [0.2, 0.25) is 0 Å². The fourth-order valence-electron chi connectivity index (χ4n) is 9.46. The number of hydrogen-bond donors (Lipinski definition) is 1. The minimum Gasteiger partial charge on any atom is -0.506 e. The first-order valence-electron chi connectivity index (χ1n) is 19.6. The van der Waals surface area contributed by atoms with Gasteiger partial charge in [0.15, 0.2) is 22.8 Å². The Balaban J connectivity index is 1.35. The van der Waals surface area contributed by atoms with Crippen LogP contribution < -0.4 is 9.47 Å². The van der Waals surface area contributed by atoms with Crippen LogP contribution in [-0.2, 0) is 27.3 Å². The number of allylic oxidation sites excluding steroid dienone is 5. The van der Waals surface area contributed by atoms with Crippen LogP contribution in [0.1, 0.15) is 115 Å². The second-order valence-corrected chi connectivity index (χ2v) is 17.1. The highest BCUT2D eigenvalue weighted by molar-refractivity contribution is 6.19. The van der Waals surface area contributed by atoms with Gasteiger partial charge in [-0.05, 0) is 112 Å². The standard InChI is InChI=1S/C46H54N2O7/c1-10-48(26-30-14-12-22-47-25-30)42(52)29(6)17-21-45-41(51)31-23-34-38(50)36-37(49)32-18-20-44(9,19-11-13-27(2)3)53-39(32)33(16-15-28(4)5)40(36)54-46(34,45)35(24-31)43(7,8)55-45/h12-15,17-18,20,22-23,25,31,35,49H,10-11,16,19,21,24,26H2,1-9H3. The molecular weight excluding hydrogens is 693 g/mol. The summed E-state index contributed by atoms with van der Waals surface area (Å²) in [5.41, 5.74) is 0.553. The van der Waals surface area contributed by atoms with Crippen LogP contribution in [0.3, 0.4) is 0 Å². The fraction of sp³-hybridized carbons (Fsp3) is 0.478. The molecule has 1 aromatic heterocycles. The van der Waals surface area contributed by atoms with Crippen molar-refractivity contribution in [1.29, 1.82) is 0 Å². The van der Waals surface area contributed by atoms with Crippen molar-refractivity contribution in [3.63, 3.8) is 0 Å². The van der Waals surface area contributed by atoms with E-state index in [4.69, 9.17) is 14.2 Å². The number of rotatable bonds is 11. The maximum atomic E-state index is 15.0. The van der Waals surface area contributed by atoms with Gasteiger partial charge in [-0.3, -0.25) is 19.4 Å². The van der Waals surface area contributed by atoms with Gasteiger partial charge < -0.3 is 24.2 Å². The van der Waals surface area contributed by atoms with Crippen molar-refractivity contribution < 1.29 is 33.7 Å². The SMILES string of the molecule is CCN(Cc1cccnc1)C(=O)C(C)=CCC12OC(C)(C)C3CC(C=C4C(=O)c5c(O)c6c(c(CC=C(C)C)c5OC431)OC(C)(CCC=C(C)C)C=C6)C2=O. The molecule has 3 aliphatic carbocycles. The largest absolute Gasteiger partial charge is 0.506 e. The van der Waals surface area contributed by atoms with Crippen LogP contribution in [0.25, 0.3) is 6.08 Å². The molecular formula is C46H54N2O7. The van der Waals surface area contributed by atoms with E-state index in [1.54, 1.807) is 36.4 Å². The van der Waals surface area contributed by atoms with Crippen LogP contribution >= 0.6 is 0 Å². The molecule has 4 bridgehead atoms. The molecule has 3 aliphatic heterocycles. The lowest BCUT2D eigenvalue weighted by Gasteiger charge is -2.56. The number of likely N-dealkylation sites (N-methyl/N-ethyl adjacent to an activating group) is 1. The maximum absolute atomic E-state index is 15.0. The van der Waals surface area contributed by atoms with Gasteiger partial charge in [0, 0.05) is 60.4 Å². The summed E-state index contributed by atoms with van der Waals surface area (Å²) in [4.78, 5) is 49.6. The average Bonchev–Trinajstić information content (AvgIpc) is 3.29. The van der Waals surface area contributed by atoms with Crippen molar-refractivity contribution in [2.45, 2.75) is 123 Å². The van der Waals surface area contributed by atoms with Crippen molar-refractivity contribution in [3.05, 3.63) is 99.5 Å². The third-order valence-corrected chi connectivity index (χ3v) is 12.2. The van der Waals surface area contributed by atoms with Crippen molar-refractivity contribution in [2.75, 3.05) is 6.54 Å². The quantitative estimate of drug-likeness (QED) is 0.180. The zero-order chi connectivity index (χ0) is 39.7. The normalized spacial score (nSPS) is 27.9. The zero-order valence-corrected chi connectivity index (χ0v) is 33.7. The lowest BCUT2D eigenvalue weighted by Crippen LogP contribution is -2.72. The zero-order valence-electron chi connectivity index (χ0n) is 33.7. The molecule has 290 valence electrons. The predicted octanol–water partition coefficient (Wildman–Crippen LogP) is 8.60. The van der Waals surface area contributed by atoms with E-state index < -0.39 is 28.3 Å². The Hall–Kier alpha value is -4.76. The number of ketones is 2. The second kappa shape index (κ2) is 13.8. The van der Waals surface area contributed by atoms with Gasteiger partial charge in [-0.2, -0.15) is 0 Å². The molecule has 1 spiro atoms. The summed E-state index contributed by atoms with van der Waals surface area (Å²) in [5.74, 6) is -1.13. The lowest BCUT2D eigenvalue weighted by atomic mass is 9.51. The number of hydrogen-bond acceptors (Lipinski definition) is 8. The number of carbonyl (C=O) groups is 3. The molecule has 55 heavy (non-hydrogen) atoms. The average molecular weight is 747 g/mol. The van der Waals surface area contributed by atoms with E-state index in [0.29, 0.717) is 60.4 Å². The third-order valence-electron chi connectivity index (χ3n) is 12.2. The Morgan fingerprint density at radius 3 is 2.45 bits per heavy atom. The minimum absolute atomic E-state index is 0.0339. The smallest absolute Gasteiger partial charge is 0.249 e. The number of phenolic OH excluding ortho intramolecular Hbond substituents is 1. The monoisotopic (exact) mass is 746 g/mol. The van der Waals surface area contributed by atoms with E-state index in [2.05, 4.69) is 31.0 Å². The Kier molecular flexibility index (Phi) is 9.64. The number of benzene rings is 1. The highest BCUT2D eigenvalue weighted by Gasteiger charge is 2.81. The van der Waals surface area contributed by atoms with Crippen molar-refractivity contribution >= 4 is 23.5 Å². The lowest BCUT2D eigenvalue weighted by molar-refractivity contribution is -0.171. The fourth-order valence-corrected chi connectivity index (χ4v) is 9.46. The number of fused-ring (bicyclic) bond motifs is 2. The molecule has 1 saturated carbocycles. The number of ether oxygens (including phenoxy) is 3. The molecule has 4 heterocycles. The number of pyridine rings is 1. The summed E-state index contributed by atoms with van der Waals surface area (Å²) in [6, 6.07) is 3.78. The van der Waals surface area contributed by atoms with Gasteiger partial charge in [-0.15, -0.1) is 0 Å². The van der Waals surface area contributed by atoms with Gasteiger partial charge >= 0.3 is 0 Å². The van der Waals surface area contributed by atoms with Crippen LogP contribution in [-0.4, -0.2) is 61.4 Å². The topological polar surface area (TPSA) is 115 Å². The van der Waals surface area contributed by atoms with Gasteiger partial charge in [0.05, 0.1) is 11.2 Å². The molecule has 5 atom stereocenters. The number of phenols is 1. The molecule has 2 aromatic rings. The molecule has 9 nitrogen and oxygen atoms in total. The molecule has 8 rings (SSSR count). The van der Waals surface area contributed by atoms with Crippen molar-refractivity contribution in [1.82, 2.24) is 9.88 Å². The van der Waals surface area contributed by atoms with E-state index >= 15 is 4.79 Å². The van der Waals surface area contributed by atoms with Crippen molar-refractivity contribution in [3.8, 4) is 17.2 Å². The number of nitrogens with zero attached hydrogens (tertiary/aromatic N) is 2. The predicted molar refractivity (Wildman–Crippen MR) is 212 cm³/mol. The van der Waals surface area contributed by atoms with Gasteiger partial charge in [0.25, 0.3) is 0 Å². The maximum Gasteiger partial charge on any atom is 0.249 e. The number of aromatic hydroxyl groups is 1. The summed E-state index contributed by atoms with van der Waals surface area (Å²) < 4.78 is 21.1. The van der Waals surface area contributed by atoms with E-state index in [1.807, 2.05) is 65.8 Å².